The van der Waals surface area contributed by atoms with Gasteiger partial charge in [-0.05, 0) is 42.3 Å². The van der Waals surface area contributed by atoms with E-state index < -0.39 is 11.9 Å². The SMILES string of the molecule is Cc1c(Cl)cccc1NC(=O)CCN1C(=O)CCN(Cc2cccc(C(N)=O)c2)C1=O. The molecule has 2 aromatic rings. The van der Waals surface area contributed by atoms with E-state index in [1.165, 1.54) is 4.90 Å². The number of carbonyl (C=O) groups excluding carboxylic acids is 4. The van der Waals surface area contributed by atoms with Crippen molar-refractivity contribution in [3.8, 4) is 0 Å². The van der Waals surface area contributed by atoms with Gasteiger partial charge >= 0.3 is 6.03 Å². The summed E-state index contributed by atoms with van der Waals surface area (Å²) in [5, 5.41) is 3.30. The number of nitrogens with two attached hydrogens (primary N) is 1. The van der Waals surface area contributed by atoms with Gasteiger partial charge in [0.1, 0.15) is 0 Å². The van der Waals surface area contributed by atoms with E-state index in [4.69, 9.17) is 17.3 Å². The van der Waals surface area contributed by atoms with Crippen molar-refractivity contribution in [3.05, 3.63) is 64.2 Å². The smallest absolute Gasteiger partial charge is 0.327 e. The first-order valence-corrected chi connectivity index (χ1v) is 10.2. The molecule has 5 amide bonds. The van der Waals surface area contributed by atoms with Crippen molar-refractivity contribution >= 4 is 41.0 Å². The van der Waals surface area contributed by atoms with Gasteiger partial charge in [-0.15, -0.1) is 0 Å². The van der Waals surface area contributed by atoms with Gasteiger partial charge in [-0.1, -0.05) is 29.8 Å². The quantitative estimate of drug-likeness (QED) is 0.686. The molecule has 1 saturated heterocycles. The molecule has 1 fully saturated rings. The number of nitrogens with one attached hydrogen (secondary N) is 1. The summed E-state index contributed by atoms with van der Waals surface area (Å²) in [5.41, 5.74) is 7.72. The van der Waals surface area contributed by atoms with Gasteiger partial charge in [0.2, 0.25) is 17.7 Å². The lowest BCUT2D eigenvalue weighted by Gasteiger charge is -2.34. The fourth-order valence-electron chi connectivity index (χ4n) is 3.32. The van der Waals surface area contributed by atoms with E-state index in [0.717, 1.165) is 16.0 Å². The van der Waals surface area contributed by atoms with E-state index in [1.54, 1.807) is 49.4 Å². The minimum Gasteiger partial charge on any atom is -0.366 e. The Bertz CT molecular complexity index is 1040. The van der Waals surface area contributed by atoms with E-state index in [-0.39, 0.29) is 44.3 Å². The molecule has 162 valence electrons. The van der Waals surface area contributed by atoms with Crippen LogP contribution in [-0.2, 0) is 16.1 Å². The molecule has 0 atom stereocenters. The number of amides is 5. The number of hydrogen-bond acceptors (Lipinski definition) is 4. The average molecular weight is 443 g/mol. The molecule has 0 spiro atoms. The van der Waals surface area contributed by atoms with Crippen molar-refractivity contribution in [1.29, 1.82) is 0 Å². The molecule has 0 bridgehead atoms. The molecule has 3 rings (SSSR count). The molecular formula is C22H23ClN4O4. The standard InChI is InChI=1S/C22H23ClN4O4/c1-14-17(23)6-3-7-18(14)25-19(28)8-11-27-20(29)9-10-26(22(27)31)13-15-4-2-5-16(12-15)21(24)30/h2-7,12H,8-11,13H2,1H3,(H2,24,30)(H,25,28). The molecule has 9 heteroatoms. The summed E-state index contributed by atoms with van der Waals surface area (Å²) in [6.07, 6.45) is 0.130. The Hall–Kier alpha value is -3.39. The first kappa shape index (κ1) is 22.3. The monoisotopic (exact) mass is 442 g/mol. The molecule has 0 aromatic heterocycles. The van der Waals surface area contributed by atoms with Crippen LogP contribution in [0.25, 0.3) is 0 Å². The maximum atomic E-state index is 12.8. The normalized spacial score (nSPS) is 14.0. The molecule has 2 aromatic carbocycles. The summed E-state index contributed by atoms with van der Waals surface area (Å²) >= 11 is 6.06. The zero-order chi connectivity index (χ0) is 22.5. The summed E-state index contributed by atoms with van der Waals surface area (Å²) in [6.45, 7) is 2.27. The predicted molar refractivity (Wildman–Crippen MR) is 117 cm³/mol. The molecule has 0 aliphatic carbocycles. The molecule has 1 aliphatic rings. The van der Waals surface area contributed by atoms with Crippen LogP contribution in [0.4, 0.5) is 10.5 Å². The van der Waals surface area contributed by atoms with Crippen LogP contribution in [0.1, 0.15) is 34.3 Å². The summed E-state index contributed by atoms with van der Waals surface area (Å²) in [7, 11) is 0. The number of carbonyl (C=O) groups is 4. The van der Waals surface area contributed by atoms with Crippen molar-refractivity contribution < 1.29 is 19.2 Å². The second kappa shape index (κ2) is 9.61. The highest BCUT2D eigenvalue weighted by Crippen LogP contribution is 2.23. The van der Waals surface area contributed by atoms with Crippen molar-refractivity contribution in [2.75, 3.05) is 18.4 Å². The van der Waals surface area contributed by atoms with E-state index in [9.17, 15) is 19.2 Å². The molecule has 0 saturated carbocycles. The van der Waals surface area contributed by atoms with Gasteiger partial charge in [-0.3, -0.25) is 19.3 Å². The zero-order valence-electron chi connectivity index (χ0n) is 17.1. The summed E-state index contributed by atoms with van der Waals surface area (Å²) in [4.78, 5) is 51.4. The molecule has 3 N–H and O–H groups in total. The van der Waals surface area contributed by atoms with E-state index >= 15 is 0 Å². The van der Waals surface area contributed by atoms with Gasteiger partial charge in [0, 0.05) is 48.7 Å². The molecule has 1 heterocycles. The fraction of sp³-hybridized carbons (Fsp3) is 0.273. The molecule has 1 aliphatic heterocycles. The Kier molecular flexibility index (Phi) is 6.91. The van der Waals surface area contributed by atoms with Crippen LogP contribution in [-0.4, -0.2) is 46.6 Å². The largest absolute Gasteiger partial charge is 0.366 e. The summed E-state index contributed by atoms with van der Waals surface area (Å²) in [6, 6.07) is 11.4. The lowest BCUT2D eigenvalue weighted by molar-refractivity contribution is -0.131. The maximum absolute atomic E-state index is 12.8. The first-order valence-electron chi connectivity index (χ1n) is 9.79. The fourth-order valence-corrected chi connectivity index (χ4v) is 3.49. The minimum atomic E-state index is -0.551. The van der Waals surface area contributed by atoms with Gasteiger partial charge in [0.15, 0.2) is 0 Å². The van der Waals surface area contributed by atoms with Crippen molar-refractivity contribution in [3.63, 3.8) is 0 Å². The van der Waals surface area contributed by atoms with Crippen molar-refractivity contribution in [2.45, 2.75) is 26.3 Å². The first-order chi connectivity index (χ1) is 14.8. The van der Waals surface area contributed by atoms with E-state index in [1.807, 2.05) is 0 Å². The number of anilines is 1. The van der Waals surface area contributed by atoms with Crippen LogP contribution in [0.3, 0.4) is 0 Å². The van der Waals surface area contributed by atoms with Crippen LogP contribution in [0, 0.1) is 6.92 Å². The second-order valence-corrected chi connectivity index (χ2v) is 7.68. The molecular weight excluding hydrogens is 420 g/mol. The van der Waals surface area contributed by atoms with E-state index in [0.29, 0.717) is 16.3 Å². The Morgan fingerprint density at radius 1 is 1.16 bits per heavy atom. The maximum Gasteiger partial charge on any atom is 0.327 e. The Morgan fingerprint density at radius 3 is 2.65 bits per heavy atom. The number of nitrogens with zero attached hydrogens (tertiary/aromatic N) is 2. The van der Waals surface area contributed by atoms with Gasteiger partial charge in [-0.2, -0.15) is 0 Å². The number of imide groups is 1. The number of benzene rings is 2. The molecule has 31 heavy (non-hydrogen) atoms. The summed E-state index contributed by atoms with van der Waals surface area (Å²) < 4.78 is 0. The Labute approximate surface area is 184 Å². The second-order valence-electron chi connectivity index (χ2n) is 7.27. The third-order valence-corrected chi connectivity index (χ3v) is 5.50. The highest BCUT2D eigenvalue weighted by Gasteiger charge is 2.32. The van der Waals surface area contributed by atoms with Crippen molar-refractivity contribution in [1.82, 2.24) is 9.80 Å². The molecule has 0 radical (unpaired) electrons. The van der Waals surface area contributed by atoms with Gasteiger partial charge in [0.25, 0.3) is 0 Å². The van der Waals surface area contributed by atoms with Crippen LogP contribution in [0.15, 0.2) is 42.5 Å². The molecule has 8 nitrogen and oxygen atoms in total. The van der Waals surface area contributed by atoms with Crippen LogP contribution < -0.4 is 11.1 Å². The van der Waals surface area contributed by atoms with Gasteiger partial charge < -0.3 is 16.0 Å². The number of halogens is 1. The lowest BCUT2D eigenvalue weighted by Crippen LogP contribution is -2.52. The number of rotatable bonds is 7. The highest BCUT2D eigenvalue weighted by molar-refractivity contribution is 6.31. The number of primary amides is 1. The Morgan fingerprint density at radius 2 is 1.90 bits per heavy atom. The lowest BCUT2D eigenvalue weighted by atomic mass is 10.1. The topological polar surface area (TPSA) is 113 Å². The predicted octanol–water partition coefficient (Wildman–Crippen LogP) is 2.93. The van der Waals surface area contributed by atoms with Gasteiger partial charge in [0.05, 0.1) is 0 Å². The van der Waals surface area contributed by atoms with E-state index in [2.05, 4.69) is 5.32 Å². The van der Waals surface area contributed by atoms with Crippen molar-refractivity contribution in [2.24, 2.45) is 5.73 Å². The van der Waals surface area contributed by atoms with Crippen LogP contribution in [0.5, 0.6) is 0 Å². The number of hydrogen-bond donors (Lipinski definition) is 2. The van der Waals surface area contributed by atoms with Crippen LogP contribution in [0.2, 0.25) is 5.02 Å². The average Bonchev–Trinajstić information content (AvgIpc) is 2.73. The molecule has 0 unspecified atom stereocenters. The highest BCUT2D eigenvalue weighted by atomic mass is 35.5. The summed E-state index contributed by atoms with van der Waals surface area (Å²) in [5.74, 6) is -1.19. The minimum absolute atomic E-state index is 0.0268. The Balaban J connectivity index is 1.61. The van der Waals surface area contributed by atoms with Gasteiger partial charge in [-0.25, -0.2) is 4.79 Å². The van der Waals surface area contributed by atoms with Crippen LogP contribution >= 0.6 is 11.6 Å². The third kappa shape index (κ3) is 5.40. The number of urea groups is 1. The third-order valence-electron chi connectivity index (χ3n) is 5.09. The zero-order valence-corrected chi connectivity index (χ0v) is 17.8.